The molecule has 4 heterocycles. The molecule has 10 atom stereocenters. The van der Waals surface area contributed by atoms with E-state index < -0.39 is 83.9 Å². The van der Waals surface area contributed by atoms with Gasteiger partial charge in [0.15, 0.2) is 0 Å². The number of carboxylic acid groups (broad SMARTS) is 4. The van der Waals surface area contributed by atoms with Crippen molar-refractivity contribution in [1.82, 2.24) is 41.2 Å². The molecule has 8 rings (SSSR count). The summed E-state index contributed by atoms with van der Waals surface area (Å²) in [4.78, 5) is 208. The molecule has 16 N–H and O–H groups in total. The summed E-state index contributed by atoms with van der Waals surface area (Å²) in [7, 11) is 0. The largest absolute Gasteiger partial charge is 0.481 e. The van der Waals surface area contributed by atoms with Crippen LogP contribution in [0.15, 0.2) is 82.6 Å². The normalized spacial score (nSPS) is 15.8. The number of esters is 2. The molecule has 0 bridgehead atoms. The van der Waals surface area contributed by atoms with Crippen molar-refractivity contribution in [2.75, 3.05) is 114 Å². The third-order valence-corrected chi connectivity index (χ3v) is 28.5. The number of Topliss-reactive ketones (excluding diaryl/α,β-unsaturated/α-hetero) is 4. The van der Waals surface area contributed by atoms with E-state index in [-0.39, 0.29) is 240 Å². The number of thioether (sulfide) groups is 4. The van der Waals surface area contributed by atoms with Crippen LogP contribution in [0, 0.1) is 23.7 Å². The maximum Gasteiger partial charge on any atom is 0.328 e. The molecule has 2 saturated carbocycles. The van der Waals surface area contributed by atoms with Crippen LogP contribution in [0.2, 0.25) is 0 Å². The van der Waals surface area contributed by atoms with E-state index in [4.69, 9.17) is 39.9 Å². The number of ketones is 4. The van der Waals surface area contributed by atoms with Crippen molar-refractivity contribution in [3.8, 4) is 0 Å². The first-order chi connectivity index (χ1) is 62.3. The van der Waals surface area contributed by atoms with Gasteiger partial charge in [0, 0.05) is 150 Å². The molecule has 8 unspecified atom stereocenters. The first-order valence-corrected chi connectivity index (χ1v) is 47.8. The van der Waals surface area contributed by atoms with Crippen LogP contribution >= 0.6 is 47.0 Å². The van der Waals surface area contributed by atoms with E-state index >= 15 is 0 Å². The third-order valence-electron chi connectivity index (χ3n) is 21.8. The highest BCUT2D eigenvalue weighted by atomic mass is 32.2. The van der Waals surface area contributed by atoms with Crippen molar-refractivity contribution in [3.05, 3.63) is 127 Å². The number of H-pyrrole nitrogens is 4. The van der Waals surface area contributed by atoms with Crippen molar-refractivity contribution < 1.29 is 116 Å². The Morgan fingerprint density at radius 3 is 1.16 bits per heavy atom. The Hall–Kier alpha value is -10.4. The zero-order valence-electron chi connectivity index (χ0n) is 73.7. The van der Waals surface area contributed by atoms with Gasteiger partial charge in [0.05, 0.1) is 92.4 Å². The number of amides is 4. The number of benzene rings is 2. The van der Waals surface area contributed by atoms with E-state index in [1.807, 2.05) is 13.8 Å². The van der Waals surface area contributed by atoms with E-state index in [2.05, 4.69) is 41.2 Å². The molecule has 2 aromatic carbocycles. The van der Waals surface area contributed by atoms with Gasteiger partial charge in [0.2, 0.25) is 11.8 Å². The number of aromatic amines is 4. The Bertz CT molecular complexity index is 4890. The zero-order valence-corrected chi connectivity index (χ0v) is 77.0. The number of nitrogens with two attached hydrogens (primary N) is 2. The van der Waals surface area contributed by atoms with Gasteiger partial charge < -0.3 is 102 Å². The van der Waals surface area contributed by atoms with E-state index in [1.165, 1.54) is 13.8 Å². The molecular formula is C91H126N10O26S4. The molecular weight excluding hydrogens is 1780 g/mol. The number of aliphatic carboxylic acids is 4. The number of aryl methyl sites for hydroxylation is 4. The van der Waals surface area contributed by atoms with Gasteiger partial charge in [-0.25, -0.2) is 9.59 Å². The lowest BCUT2D eigenvalue weighted by molar-refractivity contribution is -0.149. The second-order valence-corrected chi connectivity index (χ2v) is 36.9. The van der Waals surface area contributed by atoms with E-state index in [0.29, 0.717) is 83.3 Å². The Labute approximate surface area is 776 Å². The second kappa shape index (κ2) is 58.5. The highest BCUT2D eigenvalue weighted by molar-refractivity contribution is 8.04. The molecule has 0 saturated heterocycles. The summed E-state index contributed by atoms with van der Waals surface area (Å²) in [5, 5.41) is 50.6. The van der Waals surface area contributed by atoms with Gasteiger partial charge in [0.1, 0.15) is 60.1 Å². The number of hydrogen-bond acceptors (Lipinski definition) is 28. The summed E-state index contributed by atoms with van der Waals surface area (Å²) in [6.07, 6.45) is 10.3. The molecule has 0 aliphatic heterocycles. The molecule has 2 aliphatic carbocycles. The van der Waals surface area contributed by atoms with E-state index in [0.717, 1.165) is 47.9 Å². The average Bonchev–Trinajstić information content (AvgIpc) is 1.67. The monoisotopic (exact) mass is 1900 g/mol. The van der Waals surface area contributed by atoms with Gasteiger partial charge in [-0.15, -0.1) is 0 Å². The van der Waals surface area contributed by atoms with Crippen LogP contribution in [-0.4, -0.2) is 258 Å². The quantitative estimate of drug-likeness (QED) is 0.0126. The summed E-state index contributed by atoms with van der Waals surface area (Å²) in [6, 6.07) is 14.3. The Morgan fingerprint density at radius 1 is 0.443 bits per heavy atom. The van der Waals surface area contributed by atoms with Crippen LogP contribution in [0.4, 0.5) is 11.6 Å². The molecule has 40 heteroatoms. The lowest BCUT2D eigenvalue weighted by Crippen LogP contribution is -2.42. The standard InChI is InChI=1S/2C45H61N5O13S2.CH4/c1-3-29(44(58)59)25-64-36-11-12-37(36)65-26-32(22-33(52)15-18-61-17-14-27(2)51)41(55)47-16-19-62-20-21-63-45(60)34(10-13-39(53)54)49-42(56)30-7-4-28(5-8-30)6-9-31-24-48-35-23-38(46)50-43(57)40(31)35;1-3-29(25-64-36-11-12-37(36)65-26-32(44(58)59)22-33(52)15-18-61-17-14-27(2)51)41(55)47-16-19-62-20-21-63-45(60)34(10-13-39(53)54)49-42(56)30-7-4-28(5-8-30)6-9-31-24-48-35-23-38(46)50-43(57)40(31)35;/h2*4-5,7-8,23-24,29,32,34,36-37,48H,3,6,9-22,25-26H2,1-2H3,(H,47,55)(H,49,56)(H,53,54)(H,58,59)(H3,46,50,57);1H4/t2*29?,32?,34-,36?,37?;/m11./s1. The number of nitrogen functional groups attached to an aromatic ring is 2. The fourth-order valence-corrected chi connectivity index (χ4v) is 20.5. The van der Waals surface area contributed by atoms with Gasteiger partial charge in [-0.1, -0.05) is 45.5 Å². The van der Waals surface area contributed by atoms with Gasteiger partial charge in [-0.3, -0.25) is 67.1 Å². The van der Waals surface area contributed by atoms with Gasteiger partial charge in [-0.2, -0.15) is 47.0 Å². The van der Waals surface area contributed by atoms with Crippen molar-refractivity contribution >= 4 is 163 Å². The first kappa shape index (κ1) is 109. The molecule has 0 spiro atoms. The fourth-order valence-electron chi connectivity index (χ4n) is 13.8. The minimum Gasteiger partial charge on any atom is -0.481 e. The Kier molecular flexibility index (Phi) is 48.9. The number of hydrogen-bond donors (Lipinski definition) is 14. The van der Waals surface area contributed by atoms with Gasteiger partial charge in [0.25, 0.3) is 22.9 Å². The highest BCUT2D eigenvalue weighted by Gasteiger charge is 2.37. The Morgan fingerprint density at radius 2 is 0.794 bits per heavy atom. The maximum absolute atomic E-state index is 13.3. The average molecular weight is 1900 g/mol. The number of rotatable bonds is 64. The number of fused-ring (bicyclic) bond motifs is 2. The van der Waals surface area contributed by atoms with E-state index in [9.17, 15) is 97.1 Å². The van der Waals surface area contributed by atoms with Crippen LogP contribution in [0.5, 0.6) is 0 Å². The lowest BCUT2D eigenvalue weighted by Gasteiger charge is -2.36. The summed E-state index contributed by atoms with van der Waals surface area (Å²) in [6.45, 7) is 7.63. The first-order valence-electron chi connectivity index (χ1n) is 43.6. The van der Waals surface area contributed by atoms with Gasteiger partial charge in [-0.05, 0) is 137 Å². The minimum atomic E-state index is -1.25. The van der Waals surface area contributed by atoms with Crippen LogP contribution in [0.25, 0.3) is 21.8 Å². The molecule has 36 nitrogen and oxygen atoms in total. The van der Waals surface area contributed by atoms with Crippen molar-refractivity contribution in [2.24, 2.45) is 23.7 Å². The fraction of sp³-hybridized carbons (Fsp3) is 0.560. The summed E-state index contributed by atoms with van der Waals surface area (Å²) in [5.41, 5.74) is 16.1. The maximum atomic E-state index is 13.3. The number of ether oxygens (including phenoxy) is 6. The van der Waals surface area contributed by atoms with E-state index in [1.54, 1.807) is 120 Å². The molecule has 6 aromatic rings. The number of carbonyl (C=O) groups is 14. The van der Waals surface area contributed by atoms with Crippen molar-refractivity contribution in [2.45, 2.75) is 197 Å². The number of nitrogens with one attached hydrogen (secondary N) is 8. The molecule has 0 radical (unpaired) electrons. The summed E-state index contributed by atoms with van der Waals surface area (Å²) in [5.74, 6) is -7.41. The SMILES string of the molecule is C.CCC(CSC1CCC1SCC(CC(=O)CCOCCC(C)=O)C(=O)NCCOCCOC(=O)[C@@H](CCC(=O)O)NC(=O)c1ccc(CCc2c[nH]c3cc(N)[nH]c(=O)c23)cc1)C(=O)O.CCC(CSC1CCC1SCC(CC(=O)CCOCCC(C)=O)C(=O)O)C(=O)NCCOCCOC(=O)[C@@H](CCC(=O)O)NC(=O)c1ccc(CCc2c[nH]c3cc(N)[nH]c(=O)c23)cc1. The molecule has 4 amide bonds. The third kappa shape index (κ3) is 39.2. The zero-order chi connectivity index (χ0) is 94.6. The molecule has 2 fully saturated rings. The molecule has 720 valence electrons. The number of aromatic nitrogens is 4. The smallest absolute Gasteiger partial charge is 0.328 e. The second-order valence-electron chi connectivity index (χ2n) is 31.8. The number of pyridine rings is 2. The van der Waals surface area contributed by atoms with Crippen molar-refractivity contribution in [3.63, 3.8) is 0 Å². The molecule has 131 heavy (non-hydrogen) atoms. The Balaban J connectivity index is 0.000000400. The predicted octanol–water partition coefficient (Wildman–Crippen LogP) is 8.50. The molecule has 2 aliphatic rings. The van der Waals surface area contributed by atoms with Crippen LogP contribution in [0.1, 0.15) is 181 Å². The number of carboxylic acids is 4. The number of carbonyl (C=O) groups excluding carboxylic acids is 10. The number of anilines is 2. The van der Waals surface area contributed by atoms with Crippen molar-refractivity contribution in [1.29, 1.82) is 0 Å². The highest BCUT2D eigenvalue weighted by Crippen LogP contribution is 2.43. The minimum absolute atomic E-state index is 0. The predicted molar refractivity (Wildman–Crippen MR) is 501 cm³/mol. The van der Waals surface area contributed by atoms with Crippen LogP contribution in [-0.2, 0) is 112 Å². The van der Waals surface area contributed by atoms with Crippen LogP contribution in [0.3, 0.4) is 0 Å². The summed E-state index contributed by atoms with van der Waals surface area (Å²) >= 11 is 6.53. The lowest BCUT2D eigenvalue weighted by atomic mass is 9.99. The van der Waals surface area contributed by atoms with Gasteiger partial charge >= 0.3 is 35.8 Å². The topological polar surface area (TPSA) is 573 Å². The summed E-state index contributed by atoms with van der Waals surface area (Å²) < 4.78 is 32.4. The molecule has 4 aromatic heterocycles. The van der Waals surface area contributed by atoms with Crippen LogP contribution < -0.4 is 43.9 Å².